The van der Waals surface area contributed by atoms with E-state index in [1.807, 2.05) is 23.5 Å². The molecule has 1 aliphatic heterocycles. The number of ether oxygens (including phenoxy) is 2. The van der Waals surface area contributed by atoms with Crippen molar-refractivity contribution in [2.45, 2.75) is 12.9 Å². The number of benzene rings is 2. The molecule has 3 aromatic rings. The Morgan fingerprint density at radius 3 is 2.27 bits per heavy atom. The van der Waals surface area contributed by atoms with Crippen LogP contribution in [0.1, 0.15) is 16.2 Å². The molecule has 0 saturated heterocycles. The van der Waals surface area contributed by atoms with Gasteiger partial charge < -0.3 is 14.4 Å². The van der Waals surface area contributed by atoms with E-state index in [2.05, 4.69) is 14.7 Å². The van der Waals surface area contributed by atoms with Crippen molar-refractivity contribution in [2.24, 2.45) is 0 Å². The first-order valence-electron chi connectivity index (χ1n) is 10.3. The maximum Gasteiger partial charge on any atom is 0.573 e. The third kappa shape index (κ3) is 5.15. The molecule has 0 spiro atoms. The van der Waals surface area contributed by atoms with Gasteiger partial charge in [0.2, 0.25) is 0 Å². The predicted octanol–water partition coefficient (Wildman–Crippen LogP) is -1.15. The second-order valence-electron chi connectivity index (χ2n) is 7.79. The van der Waals surface area contributed by atoms with Gasteiger partial charge in [-0.3, -0.25) is 4.79 Å². The van der Waals surface area contributed by atoms with Gasteiger partial charge in [-0.1, -0.05) is 23.7 Å². The lowest BCUT2D eigenvalue weighted by atomic mass is 9.78. The van der Waals surface area contributed by atoms with E-state index in [1.54, 1.807) is 23.1 Å². The molecule has 1 amide bonds. The molecule has 6 nitrogen and oxygen atoms in total. The normalized spacial score (nSPS) is 13.8. The second-order valence-corrected chi connectivity index (χ2v) is 7.79. The first-order chi connectivity index (χ1) is 15.6. The molecule has 0 saturated carbocycles. The third-order valence-electron chi connectivity index (χ3n) is 5.55. The van der Waals surface area contributed by atoms with Crippen molar-refractivity contribution in [1.82, 2.24) is 14.9 Å². The molecule has 0 aliphatic carbocycles. The molecule has 166 valence electrons. The van der Waals surface area contributed by atoms with Crippen molar-refractivity contribution in [3.05, 3.63) is 53.9 Å². The summed E-state index contributed by atoms with van der Waals surface area (Å²) in [7, 11) is 5.78. The van der Waals surface area contributed by atoms with E-state index >= 15 is 0 Å². The van der Waals surface area contributed by atoms with E-state index in [0.29, 0.717) is 41.4 Å². The number of carbonyl (C=O) groups is 1. The average molecular weight is 451 g/mol. The summed E-state index contributed by atoms with van der Waals surface area (Å²) in [4.78, 5) is 24.0. The van der Waals surface area contributed by atoms with E-state index in [0.717, 1.165) is 16.6 Å². The van der Waals surface area contributed by atoms with Crippen molar-refractivity contribution in [2.75, 3.05) is 13.2 Å². The van der Waals surface area contributed by atoms with Crippen molar-refractivity contribution in [3.8, 4) is 22.6 Å². The lowest BCUT2D eigenvalue weighted by molar-refractivity contribution is -0.274. The fourth-order valence-corrected chi connectivity index (χ4v) is 3.62. The van der Waals surface area contributed by atoms with Crippen LogP contribution in [0.3, 0.4) is 0 Å². The molecule has 12 heteroatoms. The van der Waals surface area contributed by atoms with Gasteiger partial charge in [0.05, 0.1) is 18.7 Å². The van der Waals surface area contributed by atoms with Gasteiger partial charge in [0.1, 0.15) is 31.8 Å². The molecule has 0 atom stereocenters. The number of nitrogens with zero attached hydrogens (tertiary/aromatic N) is 3. The van der Waals surface area contributed by atoms with Gasteiger partial charge >= 0.3 is 6.36 Å². The summed E-state index contributed by atoms with van der Waals surface area (Å²) < 4.78 is 46.9. The highest BCUT2D eigenvalue weighted by molar-refractivity contribution is 6.55. The van der Waals surface area contributed by atoms with Crippen LogP contribution < -0.4 is 26.1 Å². The van der Waals surface area contributed by atoms with Gasteiger partial charge in [-0.2, -0.15) is 0 Å². The van der Waals surface area contributed by atoms with Crippen LogP contribution >= 0.6 is 0 Å². The highest BCUT2D eigenvalue weighted by Gasteiger charge is 2.31. The van der Waals surface area contributed by atoms with E-state index in [-0.39, 0.29) is 18.2 Å². The van der Waals surface area contributed by atoms with Crippen LogP contribution in [0.25, 0.3) is 11.1 Å². The van der Waals surface area contributed by atoms with Crippen LogP contribution in [-0.2, 0) is 6.54 Å². The Hall–Kier alpha value is -3.43. The van der Waals surface area contributed by atoms with Gasteiger partial charge in [-0.15, -0.1) is 13.2 Å². The Balaban J connectivity index is 1.60. The predicted molar refractivity (Wildman–Crippen MR) is 125 cm³/mol. The number of alkyl halides is 3. The Kier molecular flexibility index (Phi) is 6.10. The molecule has 0 fully saturated rings. The number of hydrogen-bond donors (Lipinski definition) is 0. The number of rotatable bonds is 4. The number of amides is 1. The Morgan fingerprint density at radius 1 is 1.00 bits per heavy atom. The lowest BCUT2D eigenvalue weighted by Gasteiger charge is -2.20. The molecule has 0 bridgehead atoms. The minimum absolute atomic E-state index is 0.221. The summed E-state index contributed by atoms with van der Waals surface area (Å²) in [5.41, 5.74) is 4.45. The van der Waals surface area contributed by atoms with Gasteiger partial charge in [-0.05, 0) is 46.6 Å². The first kappa shape index (κ1) is 22.8. The van der Waals surface area contributed by atoms with E-state index in [9.17, 15) is 18.0 Å². The number of hydrogen-bond acceptors (Lipinski definition) is 5. The molecular formula is C21H19B3F3N3O3. The fourth-order valence-electron chi connectivity index (χ4n) is 3.62. The van der Waals surface area contributed by atoms with Crippen molar-refractivity contribution in [3.63, 3.8) is 0 Å². The SMILES string of the molecule is Bc1nc(CN2CCOc3ccc(-c4ccc(OC(F)(F)F)cc4)cc3C2=O)nc(B)c1B. The van der Waals surface area contributed by atoms with E-state index in [4.69, 9.17) is 4.74 Å². The monoisotopic (exact) mass is 451 g/mol. The van der Waals surface area contributed by atoms with Crippen LogP contribution in [0.5, 0.6) is 11.5 Å². The summed E-state index contributed by atoms with van der Waals surface area (Å²) in [6.45, 7) is 0.949. The standard InChI is InChI=1S/C21H19B3F3N3O3/c22-17-18(23)28-16(29-19(17)24)10-30-7-8-32-15-6-3-12(9-14(15)20(30)31)11-1-4-13(5-2-11)33-21(25,26)27/h1-6,9H,7-8,10,22-24H2. The summed E-state index contributed by atoms with van der Waals surface area (Å²) in [5, 5.41) is 0. The quantitative estimate of drug-likeness (QED) is 0.470. The van der Waals surface area contributed by atoms with Gasteiger partial charge in [0.25, 0.3) is 5.91 Å². The van der Waals surface area contributed by atoms with Crippen LogP contribution in [0, 0.1) is 0 Å². The molecule has 4 rings (SSSR count). The molecule has 0 radical (unpaired) electrons. The van der Waals surface area contributed by atoms with Crippen LogP contribution in [0.2, 0.25) is 0 Å². The summed E-state index contributed by atoms with van der Waals surface area (Å²) in [6.07, 6.45) is -4.75. The molecular weight excluding hydrogens is 432 g/mol. The Bertz CT molecular complexity index is 1180. The number of fused-ring (bicyclic) bond motifs is 1. The third-order valence-corrected chi connectivity index (χ3v) is 5.55. The van der Waals surface area contributed by atoms with Crippen molar-refractivity contribution < 1.29 is 27.4 Å². The minimum Gasteiger partial charge on any atom is -0.491 e. The number of halogens is 3. The Morgan fingerprint density at radius 2 is 1.64 bits per heavy atom. The molecule has 2 aromatic carbocycles. The number of aromatic nitrogens is 2. The zero-order chi connectivity index (χ0) is 23.8. The molecule has 33 heavy (non-hydrogen) atoms. The smallest absolute Gasteiger partial charge is 0.491 e. The summed E-state index contributed by atoms with van der Waals surface area (Å²) >= 11 is 0. The minimum atomic E-state index is -4.75. The van der Waals surface area contributed by atoms with Crippen LogP contribution in [0.4, 0.5) is 13.2 Å². The molecule has 1 aromatic heterocycles. The zero-order valence-electron chi connectivity index (χ0n) is 18.4. The van der Waals surface area contributed by atoms with Crippen molar-refractivity contribution >= 4 is 46.1 Å². The molecule has 0 unspecified atom stereocenters. The van der Waals surface area contributed by atoms with Gasteiger partial charge in [-0.25, -0.2) is 9.97 Å². The Labute approximate surface area is 191 Å². The number of carbonyl (C=O) groups excluding carboxylic acids is 1. The second kappa shape index (κ2) is 8.84. The zero-order valence-corrected chi connectivity index (χ0v) is 18.4. The summed E-state index contributed by atoms with van der Waals surface area (Å²) in [6, 6.07) is 10.6. The largest absolute Gasteiger partial charge is 0.573 e. The fraction of sp³-hybridized carbons (Fsp3) is 0.190. The highest BCUT2D eigenvalue weighted by Crippen LogP contribution is 2.31. The molecule has 0 N–H and O–H groups in total. The maximum atomic E-state index is 13.3. The highest BCUT2D eigenvalue weighted by atomic mass is 19.4. The summed E-state index contributed by atoms with van der Waals surface area (Å²) in [5.74, 6) is 0.486. The lowest BCUT2D eigenvalue weighted by Crippen LogP contribution is -2.45. The first-order valence-corrected chi connectivity index (χ1v) is 10.3. The van der Waals surface area contributed by atoms with E-state index < -0.39 is 6.36 Å². The van der Waals surface area contributed by atoms with Gasteiger partial charge in [0.15, 0.2) is 15.7 Å². The van der Waals surface area contributed by atoms with Crippen molar-refractivity contribution in [1.29, 1.82) is 0 Å². The molecule has 1 aliphatic rings. The van der Waals surface area contributed by atoms with E-state index in [1.165, 1.54) is 24.3 Å². The topological polar surface area (TPSA) is 64.6 Å². The van der Waals surface area contributed by atoms with Crippen LogP contribution in [0.15, 0.2) is 42.5 Å². The average Bonchev–Trinajstić information content (AvgIpc) is 2.90. The van der Waals surface area contributed by atoms with Crippen LogP contribution in [-0.4, -0.2) is 63.8 Å². The maximum absolute atomic E-state index is 13.3. The molecule has 2 heterocycles. The van der Waals surface area contributed by atoms with Gasteiger partial charge in [0, 0.05) is 0 Å².